The Balaban J connectivity index is 1.11. The van der Waals surface area contributed by atoms with E-state index >= 15 is 0 Å². The Morgan fingerprint density at radius 3 is 1.79 bits per heavy atom. The number of rotatable bonds is 4. The fourth-order valence-corrected chi connectivity index (χ4v) is 13.0. The third kappa shape index (κ3) is 4.63. The summed E-state index contributed by atoms with van der Waals surface area (Å²) in [5.74, 6) is 0. The molecule has 0 saturated carbocycles. The molecule has 0 aliphatic heterocycles. The molecule has 0 fully saturated rings. The first-order valence-electron chi connectivity index (χ1n) is 21.8. The number of hydrogen-bond donors (Lipinski definition) is 0. The van der Waals surface area contributed by atoms with Crippen LogP contribution in [0.25, 0.3) is 64.7 Å². The monoisotopic (exact) mass is 809 g/mol. The Kier molecular flexibility index (Phi) is 7.36. The van der Waals surface area contributed by atoms with Crippen LogP contribution >= 0.6 is 11.3 Å². The molecule has 10 aromatic rings. The molecule has 0 saturated heterocycles. The summed E-state index contributed by atoms with van der Waals surface area (Å²) in [7, 11) is 0. The number of nitrogens with zero attached hydrogens (tertiary/aromatic N) is 1. The van der Waals surface area contributed by atoms with E-state index in [0.29, 0.717) is 0 Å². The minimum Gasteiger partial charge on any atom is -0.309 e. The molecule has 0 radical (unpaired) electrons. The van der Waals surface area contributed by atoms with Crippen molar-refractivity contribution in [2.75, 3.05) is 4.90 Å². The third-order valence-electron chi connectivity index (χ3n) is 14.5. The average Bonchev–Trinajstić information content (AvgIpc) is 3.99. The van der Waals surface area contributed by atoms with Crippen molar-refractivity contribution in [3.63, 3.8) is 0 Å². The van der Waals surface area contributed by atoms with Crippen molar-refractivity contribution in [3.8, 4) is 44.5 Å². The molecular formula is C60H43NS. The summed E-state index contributed by atoms with van der Waals surface area (Å²) in [6.07, 6.45) is 0. The fourth-order valence-electron chi connectivity index (χ4n) is 11.9. The summed E-state index contributed by atoms with van der Waals surface area (Å²) in [5.41, 5.74) is 24.1. The number of fused-ring (bicyclic) bond motifs is 16. The van der Waals surface area contributed by atoms with Crippen molar-refractivity contribution in [1.29, 1.82) is 0 Å². The van der Waals surface area contributed by atoms with Crippen molar-refractivity contribution in [3.05, 3.63) is 233 Å². The first kappa shape index (κ1) is 35.7. The Morgan fingerprint density at radius 1 is 0.403 bits per heavy atom. The van der Waals surface area contributed by atoms with Gasteiger partial charge in [0.05, 0.1) is 16.8 Å². The molecule has 1 spiro atoms. The molecule has 0 amide bonds. The van der Waals surface area contributed by atoms with Gasteiger partial charge in [-0.2, -0.15) is 0 Å². The van der Waals surface area contributed by atoms with Crippen LogP contribution in [0.5, 0.6) is 0 Å². The van der Waals surface area contributed by atoms with Crippen LogP contribution in [0.4, 0.5) is 17.1 Å². The van der Waals surface area contributed by atoms with Gasteiger partial charge in [0.15, 0.2) is 0 Å². The van der Waals surface area contributed by atoms with Gasteiger partial charge in [0.25, 0.3) is 0 Å². The van der Waals surface area contributed by atoms with Gasteiger partial charge >= 0.3 is 0 Å². The van der Waals surface area contributed by atoms with E-state index in [-0.39, 0.29) is 5.41 Å². The van der Waals surface area contributed by atoms with Crippen molar-refractivity contribution in [2.45, 2.75) is 38.5 Å². The lowest BCUT2D eigenvalue weighted by molar-refractivity contribution is 0.660. The quantitative estimate of drug-likeness (QED) is 0.171. The molecule has 62 heavy (non-hydrogen) atoms. The highest BCUT2D eigenvalue weighted by atomic mass is 32.1. The van der Waals surface area contributed by atoms with Crippen molar-refractivity contribution in [1.82, 2.24) is 0 Å². The molecule has 3 aliphatic rings. The maximum Gasteiger partial charge on any atom is 0.0726 e. The minimum atomic E-state index is -0.479. The van der Waals surface area contributed by atoms with Gasteiger partial charge in [0, 0.05) is 36.8 Å². The second-order valence-electron chi connectivity index (χ2n) is 18.1. The first-order valence-corrected chi connectivity index (χ1v) is 22.7. The van der Waals surface area contributed by atoms with Crippen LogP contribution < -0.4 is 4.90 Å². The largest absolute Gasteiger partial charge is 0.309 e. The van der Waals surface area contributed by atoms with E-state index in [1.54, 1.807) is 0 Å². The lowest BCUT2D eigenvalue weighted by Gasteiger charge is -2.33. The average molecular weight is 810 g/mol. The number of anilines is 3. The van der Waals surface area contributed by atoms with E-state index in [0.717, 1.165) is 0 Å². The summed E-state index contributed by atoms with van der Waals surface area (Å²) in [5, 5.41) is 2.68. The summed E-state index contributed by atoms with van der Waals surface area (Å²) in [6, 6.07) is 71.3. The van der Waals surface area contributed by atoms with Gasteiger partial charge in [-0.1, -0.05) is 153 Å². The molecule has 2 heteroatoms. The maximum atomic E-state index is 2.60. The summed E-state index contributed by atoms with van der Waals surface area (Å²) in [6.45, 7) is 9.37. The fraction of sp³-hybridized carbons (Fsp3) is 0.100. The molecule has 0 bridgehead atoms. The SMILES string of the molecule is Cc1cc(-c2ccccc2)cc(C)c1N(c1ccc2c(c1)C(C)(C)c1ccccc1-2)c1cccc2c1-c1ccccc1C21c2ccccc2-c2cc3c(cc21)sc1ccccc13. The number of hydrogen-bond acceptors (Lipinski definition) is 2. The van der Waals surface area contributed by atoms with Crippen LogP contribution in [0, 0.1) is 13.8 Å². The van der Waals surface area contributed by atoms with Crippen molar-refractivity contribution < 1.29 is 0 Å². The van der Waals surface area contributed by atoms with E-state index in [4.69, 9.17) is 0 Å². The van der Waals surface area contributed by atoms with Crippen molar-refractivity contribution in [2.24, 2.45) is 0 Å². The molecule has 1 unspecified atom stereocenters. The lowest BCUT2D eigenvalue weighted by atomic mass is 9.70. The van der Waals surface area contributed by atoms with Crippen LogP contribution in [-0.2, 0) is 10.8 Å². The highest BCUT2D eigenvalue weighted by Gasteiger charge is 2.53. The van der Waals surface area contributed by atoms with E-state index in [1.807, 2.05) is 11.3 Å². The van der Waals surface area contributed by atoms with Gasteiger partial charge in [-0.25, -0.2) is 0 Å². The number of thiophene rings is 1. The second kappa shape index (κ2) is 12.8. The maximum absolute atomic E-state index is 2.60. The van der Waals surface area contributed by atoms with Gasteiger partial charge in [0.2, 0.25) is 0 Å². The smallest absolute Gasteiger partial charge is 0.0726 e. The van der Waals surface area contributed by atoms with Gasteiger partial charge in [-0.15, -0.1) is 11.3 Å². The highest BCUT2D eigenvalue weighted by Crippen LogP contribution is 2.66. The molecule has 1 nitrogen and oxygen atoms in total. The summed E-state index contributed by atoms with van der Waals surface area (Å²) >= 11 is 1.91. The molecule has 9 aromatic carbocycles. The lowest BCUT2D eigenvalue weighted by Crippen LogP contribution is -2.26. The number of aryl methyl sites for hydroxylation is 2. The molecule has 0 N–H and O–H groups in total. The summed E-state index contributed by atoms with van der Waals surface area (Å²) < 4.78 is 2.68. The molecule has 1 atom stereocenters. The first-order chi connectivity index (χ1) is 30.3. The van der Waals surface area contributed by atoms with E-state index in [9.17, 15) is 0 Å². The third-order valence-corrected chi connectivity index (χ3v) is 15.6. The predicted octanol–water partition coefficient (Wildman–Crippen LogP) is 16.5. The zero-order valence-electron chi connectivity index (χ0n) is 35.3. The molecule has 3 aliphatic carbocycles. The normalized spacial score (nSPS) is 15.9. The number of benzene rings is 9. The second-order valence-corrected chi connectivity index (χ2v) is 19.2. The van der Waals surface area contributed by atoms with E-state index in [2.05, 4.69) is 221 Å². The topological polar surface area (TPSA) is 3.24 Å². The molecular weight excluding hydrogens is 767 g/mol. The van der Waals surface area contributed by atoms with Crippen LogP contribution in [0.3, 0.4) is 0 Å². The zero-order valence-corrected chi connectivity index (χ0v) is 36.1. The minimum absolute atomic E-state index is 0.140. The Hall–Kier alpha value is -7.00. The Labute approximate surface area is 367 Å². The zero-order chi connectivity index (χ0) is 41.5. The van der Waals surface area contributed by atoms with E-state index in [1.165, 1.54) is 126 Å². The highest BCUT2D eigenvalue weighted by molar-refractivity contribution is 7.25. The molecule has 13 rings (SSSR count). The van der Waals surface area contributed by atoms with Crippen LogP contribution in [-0.4, -0.2) is 0 Å². The van der Waals surface area contributed by atoms with Gasteiger partial charge in [-0.05, 0) is 146 Å². The van der Waals surface area contributed by atoms with Gasteiger partial charge in [0.1, 0.15) is 0 Å². The van der Waals surface area contributed by atoms with Crippen molar-refractivity contribution >= 4 is 48.6 Å². The van der Waals surface area contributed by atoms with Crippen LogP contribution in [0.15, 0.2) is 188 Å². The standard InChI is InChI=1S/C60H43NS/c1-36-31-39(38-17-6-5-7-18-38)32-37(2)58(36)61(40-29-30-43-41-19-8-12-23-48(41)59(3,4)52(43)33-40)54-27-16-26-51-57(54)45-22-10-14-25-50(45)60(51)49-24-13-9-20-42(49)46-34-47-44-21-11-15-28-55(44)62-56(47)35-53(46)60/h5-35H,1-4H3. The molecule has 1 aromatic heterocycles. The Morgan fingerprint density at radius 2 is 1.02 bits per heavy atom. The Bertz CT molecular complexity index is 3510. The van der Waals surface area contributed by atoms with Gasteiger partial charge in [-0.3, -0.25) is 0 Å². The molecule has 1 heterocycles. The van der Waals surface area contributed by atoms with Crippen LogP contribution in [0.1, 0.15) is 58.4 Å². The summed E-state index contributed by atoms with van der Waals surface area (Å²) in [4.78, 5) is 2.60. The van der Waals surface area contributed by atoms with Gasteiger partial charge < -0.3 is 4.90 Å². The van der Waals surface area contributed by atoms with E-state index < -0.39 is 5.41 Å². The molecule has 294 valence electrons. The predicted molar refractivity (Wildman–Crippen MR) is 263 cm³/mol. The van der Waals surface area contributed by atoms with Crippen LogP contribution in [0.2, 0.25) is 0 Å².